The van der Waals surface area contributed by atoms with E-state index in [2.05, 4.69) is 41.8 Å². The van der Waals surface area contributed by atoms with Crippen molar-refractivity contribution in [3.63, 3.8) is 0 Å². The number of hydrogen-bond acceptors (Lipinski definition) is 4. The molecule has 25 heavy (non-hydrogen) atoms. The molecule has 0 heterocycles. The van der Waals surface area contributed by atoms with Crippen LogP contribution in [-0.4, -0.2) is 21.3 Å². The molecule has 0 saturated carbocycles. The normalized spacial score (nSPS) is 16.8. The maximum atomic E-state index is 11.3. The van der Waals surface area contributed by atoms with Crippen molar-refractivity contribution in [2.75, 3.05) is 6.61 Å². The average molecular weight is 396 g/mol. The Morgan fingerprint density at radius 2 is 1.36 bits per heavy atom. The summed E-state index contributed by atoms with van der Waals surface area (Å²) < 4.78 is 30.0. The standard InChI is InChI=1S/C16H30O7P2/c1-5-14(2)8-6-9-15(3)10-7-11-16(4)12-13-22-25(20,21)23-24(17,18)19/h8,10,12H,5-7,9,11,13H2,1-4H3,(H,20,21)(H2,17,18,19). The van der Waals surface area contributed by atoms with E-state index in [4.69, 9.17) is 14.7 Å². The van der Waals surface area contributed by atoms with E-state index >= 15 is 0 Å². The Labute approximate surface area is 150 Å². The summed E-state index contributed by atoms with van der Waals surface area (Å²) in [6.45, 7) is 7.96. The molecule has 0 aromatic carbocycles. The fraction of sp³-hybridized carbons (Fsp3) is 0.625. The summed E-state index contributed by atoms with van der Waals surface area (Å²) in [5.74, 6) is 0. The number of hydrogen-bond donors (Lipinski definition) is 3. The summed E-state index contributed by atoms with van der Waals surface area (Å²) in [5.41, 5.74) is 3.66. The molecule has 0 aliphatic carbocycles. The highest BCUT2D eigenvalue weighted by atomic mass is 31.3. The molecule has 0 saturated heterocycles. The van der Waals surface area contributed by atoms with Gasteiger partial charge in [-0.3, -0.25) is 4.52 Å². The second-order valence-electron chi connectivity index (χ2n) is 5.92. The van der Waals surface area contributed by atoms with Crippen molar-refractivity contribution < 1.29 is 32.6 Å². The highest BCUT2D eigenvalue weighted by Crippen LogP contribution is 2.57. The molecule has 1 unspecified atom stereocenters. The lowest BCUT2D eigenvalue weighted by Gasteiger charge is -2.11. The molecule has 0 spiro atoms. The maximum absolute atomic E-state index is 11.3. The van der Waals surface area contributed by atoms with Crippen LogP contribution in [0.4, 0.5) is 0 Å². The third kappa shape index (κ3) is 15.5. The molecule has 1 atom stereocenters. The van der Waals surface area contributed by atoms with Crippen LogP contribution < -0.4 is 0 Å². The van der Waals surface area contributed by atoms with Gasteiger partial charge >= 0.3 is 15.6 Å². The molecule has 0 radical (unpaired) electrons. The molecule has 0 aliphatic heterocycles. The van der Waals surface area contributed by atoms with Gasteiger partial charge in [-0.25, -0.2) is 9.13 Å². The van der Waals surface area contributed by atoms with Crippen molar-refractivity contribution in [2.45, 2.75) is 59.8 Å². The van der Waals surface area contributed by atoms with Gasteiger partial charge in [-0.05, 0) is 52.9 Å². The van der Waals surface area contributed by atoms with E-state index in [1.54, 1.807) is 6.08 Å². The predicted molar refractivity (Wildman–Crippen MR) is 98.9 cm³/mol. The van der Waals surface area contributed by atoms with Gasteiger partial charge in [0.2, 0.25) is 0 Å². The maximum Gasteiger partial charge on any atom is 0.481 e. The molecule has 0 amide bonds. The van der Waals surface area contributed by atoms with Gasteiger partial charge in [0.15, 0.2) is 0 Å². The summed E-state index contributed by atoms with van der Waals surface area (Å²) in [4.78, 5) is 26.1. The first kappa shape index (κ1) is 24.5. The smallest absolute Gasteiger partial charge is 0.302 e. The van der Waals surface area contributed by atoms with Crippen molar-refractivity contribution in [1.29, 1.82) is 0 Å². The van der Waals surface area contributed by atoms with E-state index in [9.17, 15) is 9.13 Å². The largest absolute Gasteiger partial charge is 0.481 e. The Balaban J connectivity index is 4.19. The van der Waals surface area contributed by atoms with E-state index < -0.39 is 15.6 Å². The van der Waals surface area contributed by atoms with Crippen molar-refractivity contribution in [3.8, 4) is 0 Å². The van der Waals surface area contributed by atoms with Gasteiger partial charge in [-0.1, -0.05) is 41.9 Å². The molecular formula is C16H30O7P2. The van der Waals surface area contributed by atoms with Crippen molar-refractivity contribution >= 4 is 15.6 Å². The van der Waals surface area contributed by atoms with E-state index in [1.807, 2.05) is 6.92 Å². The summed E-state index contributed by atoms with van der Waals surface area (Å²) in [6, 6.07) is 0. The second kappa shape index (κ2) is 12.0. The van der Waals surface area contributed by atoms with Crippen molar-refractivity contribution in [1.82, 2.24) is 0 Å². The second-order valence-corrected chi connectivity index (χ2v) is 8.75. The molecule has 0 bridgehead atoms. The van der Waals surface area contributed by atoms with E-state index in [0.717, 1.165) is 37.7 Å². The molecule has 146 valence electrons. The minimum atomic E-state index is -5.07. The zero-order valence-electron chi connectivity index (χ0n) is 15.3. The summed E-state index contributed by atoms with van der Waals surface area (Å²) in [6.07, 6.45) is 10.8. The fourth-order valence-corrected chi connectivity index (χ4v) is 3.40. The van der Waals surface area contributed by atoms with Crippen LogP contribution in [0.25, 0.3) is 0 Å². The number of phosphoric acid groups is 2. The van der Waals surface area contributed by atoms with Gasteiger partial charge in [0.05, 0.1) is 6.61 Å². The molecule has 0 aliphatic rings. The molecule has 7 nitrogen and oxygen atoms in total. The first-order valence-electron chi connectivity index (χ1n) is 8.16. The Morgan fingerprint density at radius 1 is 0.880 bits per heavy atom. The lowest BCUT2D eigenvalue weighted by Crippen LogP contribution is -1.94. The Hall–Kier alpha value is -0.520. The SMILES string of the molecule is CCC(C)=CCCC(C)=CCCC(C)=CCOP(=O)(O)OP(=O)(O)O. The summed E-state index contributed by atoms with van der Waals surface area (Å²) >= 11 is 0. The van der Waals surface area contributed by atoms with Crippen LogP contribution in [-0.2, 0) is 18.0 Å². The molecule has 0 aromatic rings. The summed E-state index contributed by atoms with van der Waals surface area (Å²) in [7, 11) is -9.83. The first-order valence-corrected chi connectivity index (χ1v) is 11.2. The van der Waals surface area contributed by atoms with Gasteiger partial charge in [-0.2, -0.15) is 4.31 Å². The molecule has 9 heteroatoms. The molecular weight excluding hydrogens is 366 g/mol. The first-order chi connectivity index (χ1) is 11.4. The monoisotopic (exact) mass is 396 g/mol. The zero-order chi connectivity index (χ0) is 19.5. The highest BCUT2D eigenvalue weighted by Gasteiger charge is 2.31. The third-order valence-corrected chi connectivity index (χ3v) is 5.65. The van der Waals surface area contributed by atoms with Gasteiger partial charge in [0, 0.05) is 0 Å². The van der Waals surface area contributed by atoms with Crippen LogP contribution in [0.5, 0.6) is 0 Å². The van der Waals surface area contributed by atoms with Crippen LogP contribution in [0.2, 0.25) is 0 Å². The van der Waals surface area contributed by atoms with Crippen LogP contribution >= 0.6 is 15.6 Å². The van der Waals surface area contributed by atoms with E-state index in [-0.39, 0.29) is 6.61 Å². The lowest BCUT2D eigenvalue weighted by molar-refractivity contribution is 0.191. The topological polar surface area (TPSA) is 113 Å². The summed E-state index contributed by atoms with van der Waals surface area (Å²) in [5, 5.41) is 0. The lowest BCUT2D eigenvalue weighted by atomic mass is 10.1. The predicted octanol–water partition coefficient (Wildman–Crippen LogP) is 5.02. The van der Waals surface area contributed by atoms with Crippen LogP contribution in [0.1, 0.15) is 59.8 Å². The van der Waals surface area contributed by atoms with E-state index in [0.29, 0.717) is 0 Å². The van der Waals surface area contributed by atoms with Gasteiger partial charge in [0.25, 0.3) is 0 Å². The average Bonchev–Trinajstić information content (AvgIpc) is 2.44. The number of phosphoric ester groups is 1. The quantitative estimate of drug-likeness (QED) is 0.313. The zero-order valence-corrected chi connectivity index (χ0v) is 17.1. The van der Waals surface area contributed by atoms with Crippen LogP contribution in [0.15, 0.2) is 34.9 Å². The minimum Gasteiger partial charge on any atom is -0.302 e. The van der Waals surface area contributed by atoms with Crippen LogP contribution in [0.3, 0.4) is 0 Å². The van der Waals surface area contributed by atoms with Crippen molar-refractivity contribution in [2.24, 2.45) is 0 Å². The molecule has 0 aromatic heterocycles. The highest BCUT2D eigenvalue weighted by molar-refractivity contribution is 7.60. The third-order valence-electron chi connectivity index (χ3n) is 3.50. The fourth-order valence-electron chi connectivity index (χ4n) is 1.87. The Bertz CT molecular complexity index is 587. The minimum absolute atomic E-state index is 0.261. The van der Waals surface area contributed by atoms with Crippen molar-refractivity contribution in [3.05, 3.63) is 34.9 Å². The van der Waals surface area contributed by atoms with Gasteiger partial charge in [0.1, 0.15) is 0 Å². The molecule has 0 rings (SSSR count). The number of rotatable bonds is 12. The Morgan fingerprint density at radius 3 is 1.84 bits per heavy atom. The van der Waals surface area contributed by atoms with Gasteiger partial charge in [-0.15, -0.1) is 0 Å². The molecule has 3 N–H and O–H groups in total. The van der Waals surface area contributed by atoms with Gasteiger partial charge < -0.3 is 14.7 Å². The molecule has 0 fully saturated rings. The Kier molecular flexibility index (Phi) is 11.7. The number of allylic oxidation sites excluding steroid dienone is 5. The van der Waals surface area contributed by atoms with Crippen LogP contribution in [0, 0.1) is 0 Å². The van der Waals surface area contributed by atoms with E-state index in [1.165, 1.54) is 11.1 Å².